The lowest BCUT2D eigenvalue weighted by Gasteiger charge is -1.94. The Labute approximate surface area is 98.9 Å². The van der Waals surface area contributed by atoms with E-state index < -0.39 is 0 Å². The fourth-order valence-electron chi connectivity index (χ4n) is 1.45. The first-order chi connectivity index (χ1) is 8.33. The molecule has 17 heavy (non-hydrogen) atoms. The zero-order valence-corrected chi connectivity index (χ0v) is 9.26. The van der Waals surface area contributed by atoms with Crippen molar-refractivity contribution in [2.24, 2.45) is 5.73 Å². The maximum Gasteiger partial charge on any atom is 0.247 e. The highest BCUT2D eigenvalue weighted by atomic mass is 16.4. The normalized spacial score (nSPS) is 10.1. The number of nitrogens with zero attached hydrogens (tertiary/aromatic N) is 3. The second-order valence-electron chi connectivity index (χ2n) is 3.59. The predicted molar refractivity (Wildman–Crippen MR) is 61.8 cm³/mol. The summed E-state index contributed by atoms with van der Waals surface area (Å²) >= 11 is 0. The molecule has 5 heteroatoms. The molecule has 1 aromatic heterocycles. The van der Waals surface area contributed by atoms with Crippen molar-refractivity contribution in [3.63, 3.8) is 0 Å². The van der Waals surface area contributed by atoms with Gasteiger partial charge in [-0.25, -0.2) is 0 Å². The molecule has 5 nitrogen and oxygen atoms in total. The van der Waals surface area contributed by atoms with Gasteiger partial charge in [0, 0.05) is 12.0 Å². The van der Waals surface area contributed by atoms with Crippen LogP contribution in [0.1, 0.15) is 17.9 Å². The van der Waals surface area contributed by atoms with Crippen molar-refractivity contribution in [1.82, 2.24) is 10.2 Å². The first kappa shape index (κ1) is 11.3. The summed E-state index contributed by atoms with van der Waals surface area (Å²) in [5.74, 6) is 1.02. The second-order valence-corrected chi connectivity index (χ2v) is 3.59. The van der Waals surface area contributed by atoms with E-state index >= 15 is 0 Å². The Bertz CT molecular complexity index is 541. The molecule has 1 heterocycles. The SMILES string of the molecule is N#Cc1cccc(-c2nnc(CCCN)o2)c1. The van der Waals surface area contributed by atoms with Gasteiger partial charge in [0.25, 0.3) is 0 Å². The average Bonchev–Trinajstić information content (AvgIpc) is 2.85. The highest BCUT2D eigenvalue weighted by Gasteiger charge is 2.08. The Morgan fingerprint density at radius 1 is 1.35 bits per heavy atom. The molecule has 0 aliphatic heterocycles. The molecule has 86 valence electrons. The highest BCUT2D eigenvalue weighted by Crippen LogP contribution is 2.19. The summed E-state index contributed by atoms with van der Waals surface area (Å²) < 4.78 is 5.48. The van der Waals surface area contributed by atoms with Crippen LogP contribution in [0.5, 0.6) is 0 Å². The van der Waals surface area contributed by atoms with Crippen LogP contribution in [0.15, 0.2) is 28.7 Å². The lowest BCUT2D eigenvalue weighted by atomic mass is 10.1. The van der Waals surface area contributed by atoms with E-state index in [0.717, 1.165) is 12.0 Å². The summed E-state index contributed by atoms with van der Waals surface area (Å²) in [6.45, 7) is 0.599. The lowest BCUT2D eigenvalue weighted by molar-refractivity contribution is 0.499. The lowest BCUT2D eigenvalue weighted by Crippen LogP contribution is -2.00. The van der Waals surface area contributed by atoms with E-state index in [1.54, 1.807) is 18.2 Å². The third-order valence-electron chi connectivity index (χ3n) is 2.30. The number of hydrogen-bond donors (Lipinski definition) is 1. The molecule has 0 fully saturated rings. The Morgan fingerprint density at radius 3 is 3.00 bits per heavy atom. The van der Waals surface area contributed by atoms with Crippen molar-refractivity contribution < 1.29 is 4.42 Å². The minimum atomic E-state index is 0.439. The van der Waals surface area contributed by atoms with Gasteiger partial charge in [-0.1, -0.05) is 6.07 Å². The van der Waals surface area contributed by atoms with E-state index in [1.807, 2.05) is 6.07 Å². The van der Waals surface area contributed by atoms with Gasteiger partial charge in [0.05, 0.1) is 11.6 Å². The largest absolute Gasteiger partial charge is 0.421 e. The Balaban J connectivity index is 2.21. The van der Waals surface area contributed by atoms with E-state index in [9.17, 15) is 0 Å². The zero-order valence-electron chi connectivity index (χ0n) is 9.26. The zero-order chi connectivity index (χ0) is 12.1. The van der Waals surface area contributed by atoms with Crippen LogP contribution in [0.4, 0.5) is 0 Å². The molecule has 0 atom stereocenters. The van der Waals surface area contributed by atoms with Crippen molar-refractivity contribution in [3.05, 3.63) is 35.7 Å². The van der Waals surface area contributed by atoms with E-state index in [0.29, 0.717) is 30.3 Å². The monoisotopic (exact) mass is 228 g/mol. The quantitative estimate of drug-likeness (QED) is 0.856. The van der Waals surface area contributed by atoms with Crippen molar-refractivity contribution in [3.8, 4) is 17.5 Å². The van der Waals surface area contributed by atoms with E-state index in [1.165, 1.54) is 0 Å². The van der Waals surface area contributed by atoms with Gasteiger partial charge in [-0.3, -0.25) is 0 Å². The fraction of sp³-hybridized carbons (Fsp3) is 0.250. The minimum Gasteiger partial charge on any atom is -0.421 e. The van der Waals surface area contributed by atoms with Crippen LogP contribution in [0, 0.1) is 11.3 Å². The van der Waals surface area contributed by atoms with Crippen LogP contribution in [-0.4, -0.2) is 16.7 Å². The number of benzene rings is 1. The molecule has 0 aliphatic rings. The minimum absolute atomic E-state index is 0.439. The number of rotatable bonds is 4. The summed E-state index contributed by atoms with van der Waals surface area (Å²) in [5, 5.41) is 16.7. The molecular formula is C12H12N4O. The van der Waals surface area contributed by atoms with Crippen LogP contribution < -0.4 is 5.73 Å². The molecule has 0 spiro atoms. The molecule has 1 aromatic carbocycles. The molecule has 0 saturated heterocycles. The molecule has 2 aromatic rings. The Morgan fingerprint density at radius 2 is 2.24 bits per heavy atom. The molecule has 0 aliphatic carbocycles. The van der Waals surface area contributed by atoms with Gasteiger partial charge in [0.1, 0.15) is 0 Å². The molecule has 0 bridgehead atoms. The standard InChI is InChI=1S/C12H12N4O/c13-6-2-5-11-15-16-12(17-11)10-4-1-3-9(7-10)8-14/h1,3-4,7H,2,5-6,13H2. The predicted octanol–water partition coefficient (Wildman–Crippen LogP) is 1.50. The van der Waals surface area contributed by atoms with Crippen molar-refractivity contribution in [1.29, 1.82) is 5.26 Å². The number of nitrogens with two attached hydrogens (primary N) is 1. The number of nitriles is 1. The Hall–Kier alpha value is -2.19. The Kier molecular flexibility index (Phi) is 3.48. The third kappa shape index (κ3) is 2.68. The van der Waals surface area contributed by atoms with Gasteiger partial charge >= 0.3 is 0 Å². The van der Waals surface area contributed by atoms with Gasteiger partial charge in [0.15, 0.2) is 0 Å². The molecule has 0 radical (unpaired) electrons. The van der Waals surface area contributed by atoms with Crippen LogP contribution in [0.3, 0.4) is 0 Å². The van der Waals surface area contributed by atoms with Gasteiger partial charge in [-0.05, 0) is 31.2 Å². The average molecular weight is 228 g/mol. The van der Waals surface area contributed by atoms with Gasteiger partial charge in [-0.15, -0.1) is 10.2 Å². The summed E-state index contributed by atoms with van der Waals surface area (Å²) in [7, 11) is 0. The molecule has 2 N–H and O–H groups in total. The highest BCUT2D eigenvalue weighted by molar-refractivity contribution is 5.55. The molecular weight excluding hydrogens is 216 g/mol. The van der Waals surface area contributed by atoms with Gasteiger partial charge < -0.3 is 10.2 Å². The van der Waals surface area contributed by atoms with Crippen LogP contribution >= 0.6 is 0 Å². The van der Waals surface area contributed by atoms with Crippen molar-refractivity contribution >= 4 is 0 Å². The fourth-order valence-corrected chi connectivity index (χ4v) is 1.45. The summed E-state index contributed by atoms with van der Waals surface area (Å²) in [6, 6.07) is 9.15. The van der Waals surface area contributed by atoms with Gasteiger partial charge in [0.2, 0.25) is 11.8 Å². The van der Waals surface area contributed by atoms with Crippen molar-refractivity contribution in [2.45, 2.75) is 12.8 Å². The molecule has 0 amide bonds. The topological polar surface area (TPSA) is 88.7 Å². The molecule has 2 rings (SSSR count). The number of aromatic nitrogens is 2. The number of hydrogen-bond acceptors (Lipinski definition) is 5. The van der Waals surface area contributed by atoms with Crippen molar-refractivity contribution in [2.75, 3.05) is 6.54 Å². The third-order valence-corrected chi connectivity index (χ3v) is 2.30. The first-order valence-corrected chi connectivity index (χ1v) is 5.36. The molecule has 0 unspecified atom stereocenters. The smallest absolute Gasteiger partial charge is 0.247 e. The van der Waals surface area contributed by atoms with Crippen LogP contribution in [0.2, 0.25) is 0 Å². The number of aryl methyl sites for hydroxylation is 1. The second kappa shape index (κ2) is 5.23. The van der Waals surface area contributed by atoms with E-state index in [-0.39, 0.29) is 0 Å². The van der Waals surface area contributed by atoms with Gasteiger partial charge in [-0.2, -0.15) is 5.26 Å². The summed E-state index contributed by atoms with van der Waals surface area (Å²) in [5.41, 5.74) is 6.74. The van der Waals surface area contributed by atoms with E-state index in [2.05, 4.69) is 16.3 Å². The summed E-state index contributed by atoms with van der Waals surface area (Å²) in [6.07, 6.45) is 1.50. The molecule has 0 saturated carbocycles. The summed E-state index contributed by atoms with van der Waals surface area (Å²) in [4.78, 5) is 0. The van der Waals surface area contributed by atoms with Crippen LogP contribution in [-0.2, 0) is 6.42 Å². The van der Waals surface area contributed by atoms with E-state index in [4.69, 9.17) is 15.4 Å². The van der Waals surface area contributed by atoms with Crippen LogP contribution in [0.25, 0.3) is 11.5 Å². The maximum absolute atomic E-state index is 8.80. The first-order valence-electron chi connectivity index (χ1n) is 5.36. The maximum atomic E-state index is 8.80.